The Morgan fingerprint density at radius 1 is 1.13 bits per heavy atom. The van der Waals surface area contributed by atoms with Gasteiger partial charge in [0.25, 0.3) is 11.8 Å². The maximum absolute atomic E-state index is 13.5. The minimum atomic E-state index is -0.319. The Bertz CT molecular complexity index is 938. The highest BCUT2D eigenvalue weighted by atomic mass is 19.1. The molecule has 2 aliphatic rings. The first-order chi connectivity index (χ1) is 15.0. The van der Waals surface area contributed by atoms with E-state index in [1.807, 2.05) is 0 Å². The SMILES string of the molecule is CN1CCN(CCNC(=O)c2cc3n(n2)CCCN(Cc2cccc(F)c2)C3=O)CC1. The van der Waals surface area contributed by atoms with E-state index in [4.69, 9.17) is 0 Å². The highest BCUT2D eigenvalue weighted by Gasteiger charge is 2.26. The van der Waals surface area contributed by atoms with Crippen LogP contribution in [0.25, 0.3) is 0 Å². The Morgan fingerprint density at radius 2 is 1.94 bits per heavy atom. The van der Waals surface area contributed by atoms with Gasteiger partial charge >= 0.3 is 0 Å². The first kappa shape index (κ1) is 21.5. The number of likely N-dealkylation sites (N-methyl/N-ethyl adjacent to an activating group) is 1. The summed E-state index contributed by atoms with van der Waals surface area (Å²) in [6, 6.07) is 7.84. The van der Waals surface area contributed by atoms with Gasteiger partial charge in [0.15, 0.2) is 5.69 Å². The van der Waals surface area contributed by atoms with E-state index in [1.54, 1.807) is 27.8 Å². The Morgan fingerprint density at radius 3 is 2.71 bits per heavy atom. The van der Waals surface area contributed by atoms with E-state index < -0.39 is 0 Å². The normalized spacial score (nSPS) is 18.0. The third-order valence-electron chi connectivity index (χ3n) is 5.89. The third-order valence-corrected chi connectivity index (χ3v) is 5.89. The van der Waals surface area contributed by atoms with Crippen molar-refractivity contribution in [2.24, 2.45) is 0 Å². The maximum Gasteiger partial charge on any atom is 0.272 e. The second-order valence-electron chi connectivity index (χ2n) is 8.25. The molecule has 0 spiro atoms. The number of nitrogens with zero attached hydrogens (tertiary/aromatic N) is 5. The van der Waals surface area contributed by atoms with Crippen LogP contribution in [0.15, 0.2) is 30.3 Å². The number of amides is 2. The number of fused-ring (bicyclic) bond motifs is 1. The number of aryl methyl sites for hydroxylation is 1. The van der Waals surface area contributed by atoms with Crippen molar-refractivity contribution in [1.82, 2.24) is 29.8 Å². The van der Waals surface area contributed by atoms with Crippen molar-refractivity contribution in [3.63, 3.8) is 0 Å². The molecular weight excluding hydrogens is 399 g/mol. The van der Waals surface area contributed by atoms with Crippen LogP contribution in [0.3, 0.4) is 0 Å². The fourth-order valence-electron chi connectivity index (χ4n) is 4.04. The van der Waals surface area contributed by atoms with Crippen LogP contribution < -0.4 is 5.32 Å². The minimum absolute atomic E-state index is 0.189. The van der Waals surface area contributed by atoms with Crippen LogP contribution >= 0.6 is 0 Å². The molecule has 9 heteroatoms. The molecule has 2 amide bonds. The quantitative estimate of drug-likeness (QED) is 0.745. The molecule has 8 nitrogen and oxygen atoms in total. The summed E-state index contributed by atoms with van der Waals surface area (Å²) in [7, 11) is 2.11. The maximum atomic E-state index is 13.5. The van der Waals surface area contributed by atoms with E-state index in [0.29, 0.717) is 31.9 Å². The van der Waals surface area contributed by atoms with Crippen LogP contribution in [0.4, 0.5) is 4.39 Å². The van der Waals surface area contributed by atoms with Crippen LogP contribution in [0.1, 0.15) is 33.0 Å². The van der Waals surface area contributed by atoms with E-state index in [1.165, 1.54) is 12.1 Å². The van der Waals surface area contributed by atoms with Crippen molar-refractivity contribution >= 4 is 11.8 Å². The van der Waals surface area contributed by atoms with E-state index in [9.17, 15) is 14.0 Å². The lowest BCUT2D eigenvalue weighted by Crippen LogP contribution is -2.46. The van der Waals surface area contributed by atoms with Crippen molar-refractivity contribution in [1.29, 1.82) is 0 Å². The zero-order valence-corrected chi connectivity index (χ0v) is 17.9. The molecular formula is C22H29FN6O2. The molecule has 0 unspecified atom stereocenters. The minimum Gasteiger partial charge on any atom is -0.349 e. The van der Waals surface area contributed by atoms with Gasteiger partial charge < -0.3 is 15.1 Å². The summed E-state index contributed by atoms with van der Waals surface area (Å²) in [4.78, 5) is 31.9. The molecule has 0 radical (unpaired) electrons. The highest BCUT2D eigenvalue weighted by Crippen LogP contribution is 2.17. The molecule has 1 aromatic heterocycles. The average Bonchev–Trinajstić information content (AvgIpc) is 3.12. The zero-order valence-electron chi connectivity index (χ0n) is 17.9. The lowest BCUT2D eigenvalue weighted by atomic mass is 10.2. The van der Waals surface area contributed by atoms with Gasteiger partial charge in [-0.25, -0.2) is 4.39 Å². The molecule has 0 aliphatic carbocycles. The van der Waals surface area contributed by atoms with E-state index >= 15 is 0 Å². The number of halogens is 1. The van der Waals surface area contributed by atoms with E-state index in [0.717, 1.165) is 44.7 Å². The van der Waals surface area contributed by atoms with Crippen LogP contribution in [-0.4, -0.2) is 89.2 Å². The van der Waals surface area contributed by atoms with Gasteiger partial charge in [0.05, 0.1) is 0 Å². The van der Waals surface area contributed by atoms with Crippen LogP contribution in [0, 0.1) is 5.82 Å². The largest absolute Gasteiger partial charge is 0.349 e. The lowest BCUT2D eigenvalue weighted by Gasteiger charge is -2.32. The fraction of sp³-hybridized carbons (Fsp3) is 0.500. The van der Waals surface area contributed by atoms with Crippen molar-refractivity contribution < 1.29 is 14.0 Å². The average molecular weight is 429 g/mol. The van der Waals surface area contributed by atoms with Crippen LogP contribution in [-0.2, 0) is 13.1 Å². The predicted molar refractivity (Wildman–Crippen MR) is 114 cm³/mol. The Labute approximate surface area is 181 Å². The number of hydrogen-bond acceptors (Lipinski definition) is 5. The zero-order chi connectivity index (χ0) is 21.8. The molecule has 0 atom stereocenters. The molecule has 1 saturated heterocycles. The topological polar surface area (TPSA) is 73.7 Å². The number of benzene rings is 1. The first-order valence-corrected chi connectivity index (χ1v) is 10.8. The lowest BCUT2D eigenvalue weighted by molar-refractivity contribution is 0.0745. The number of carbonyl (C=O) groups is 2. The number of hydrogen-bond donors (Lipinski definition) is 1. The second kappa shape index (κ2) is 9.57. The van der Waals surface area contributed by atoms with Gasteiger partial charge in [-0.05, 0) is 31.2 Å². The van der Waals surface area contributed by atoms with Crippen LogP contribution in [0.2, 0.25) is 0 Å². The standard InChI is InChI=1S/C22H29FN6O2/c1-26-10-12-27(13-11-26)9-6-24-21(30)19-15-20-22(31)28(7-3-8-29(20)25-19)16-17-4-2-5-18(23)14-17/h2,4-5,14-15H,3,6-13,16H2,1H3,(H,24,30). The smallest absolute Gasteiger partial charge is 0.272 e. The van der Waals surface area contributed by atoms with Gasteiger partial charge in [0, 0.05) is 65.0 Å². The summed E-state index contributed by atoms with van der Waals surface area (Å²) in [5.41, 5.74) is 1.40. The van der Waals surface area contributed by atoms with Crippen LogP contribution in [0.5, 0.6) is 0 Å². The first-order valence-electron chi connectivity index (χ1n) is 10.8. The monoisotopic (exact) mass is 428 g/mol. The van der Waals surface area contributed by atoms with Gasteiger partial charge in [-0.15, -0.1) is 0 Å². The van der Waals surface area contributed by atoms with Crippen molar-refractivity contribution in [2.75, 3.05) is 52.9 Å². The van der Waals surface area contributed by atoms with Gasteiger partial charge in [-0.3, -0.25) is 19.2 Å². The molecule has 4 rings (SSSR count). The predicted octanol–water partition coefficient (Wildman–Crippen LogP) is 1.05. The van der Waals surface area contributed by atoms with E-state index in [2.05, 4.69) is 27.3 Å². The number of carbonyl (C=O) groups excluding carboxylic acids is 2. The Hall–Kier alpha value is -2.78. The van der Waals surface area contributed by atoms with Crippen molar-refractivity contribution in [2.45, 2.75) is 19.5 Å². The summed E-state index contributed by atoms with van der Waals surface area (Å²) in [6.45, 7) is 6.88. The molecule has 1 aromatic carbocycles. The molecule has 2 aliphatic heterocycles. The molecule has 31 heavy (non-hydrogen) atoms. The number of rotatable bonds is 6. The van der Waals surface area contributed by atoms with Crippen molar-refractivity contribution in [3.8, 4) is 0 Å². The fourth-order valence-corrected chi connectivity index (χ4v) is 4.04. The van der Waals surface area contributed by atoms with Gasteiger partial charge in [0.1, 0.15) is 11.5 Å². The summed E-state index contributed by atoms with van der Waals surface area (Å²) in [6.07, 6.45) is 0.722. The van der Waals surface area contributed by atoms with Gasteiger partial charge in [0.2, 0.25) is 0 Å². The third kappa shape index (κ3) is 5.29. The number of aromatic nitrogens is 2. The molecule has 166 valence electrons. The summed E-state index contributed by atoms with van der Waals surface area (Å²) in [5.74, 6) is -0.773. The van der Waals surface area contributed by atoms with Gasteiger partial charge in [-0.2, -0.15) is 5.10 Å². The molecule has 0 saturated carbocycles. The van der Waals surface area contributed by atoms with Crippen molar-refractivity contribution in [3.05, 3.63) is 53.1 Å². The molecule has 1 fully saturated rings. The summed E-state index contributed by atoms with van der Waals surface area (Å²) in [5, 5.41) is 7.29. The Kier molecular flexibility index (Phi) is 6.62. The molecule has 2 aromatic rings. The molecule has 3 heterocycles. The summed E-state index contributed by atoms with van der Waals surface area (Å²) < 4.78 is 15.1. The van der Waals surface area contributed by atoms with E-state index in [-0.39, 0.29) is 23.3 Å². The second-order valence-corrected chi connectivity index (χ2v) is 8.25. The molecule has 0 bridgehead atoms. The van der Waals surface area contributed by atoms with Gasteiger partial charge in [-0.1, -0.05) is 12.1 Å². The highest BCUT2D eigenvalue weighted by molar-refractivity contribution is 5.98. The Balaban J connectivity index is 1.36. The number of piperazine rings is 1. The molecule has 1 N–H and O–H groups in total. The number of nitrogens with one attached hydrogen (secondary N) is 1. The summed E-state index contributed by atoms with van der Waals surface area (Å²) >= 11 is 0.